The maximum absolute atomic E-state index is 12.6. The van der Waals surface area contributed by atoms with Gasteiger partial charge in [0.15, 0.2) is 0 Å². The summed E-state index contributed by atoms with van der Waals surface area (Å²) < 4.78 is 5.21. The van der Waals surface area contributed by atoms with Crippen LogP contribution in [0.4, 0.5) is 4.79 Å². The van der Waals surface area contributed by atoms with Gasteiger partial charge < -0.3 is 25.6 Å². The highest BCUT2D eigenvalue weighted by molar-refractivity contribution is 5.94. The highest BCUT2D eigenvalue weighted by Gasteiger charge is 2.16. The SMILES string of the molecule is COc1ccc([C@@H](CNC(=O)c2ccc(CNC(=O)NC(C)C)cc2)N(C)C)cc1. The van der Waals surface area contributed by atoms with Crippen LogP contribution in [0, 0.1) is 0 Å². The molecule has 162 valence electrons. The van der Waals surface area contributed by atoms with Crippen molar-refractivity contribution in [3.63, 3.8) is 0 Å². The number of hydrogen-bond donors (Lipinski definition) is 3. The number of amides is 3. The van der Waals surface area contributed by atoms with E-state index < -0.39 is 0 Å². The van der Waals surface area contributed by atoms with Crippen molar-refractivity contribution in [1.82, 2.24) is 20.9 Å². The predicted molar refractivity (Wildman–Crippen MR) is 119 cm³/mol. The van der Waals surface area contributed by atoms with Gasteiger partial charge in [-0.05, 0) is 63.3 Å². The number of rotatable bonds is 9. The number of benzene rings is 2. The van der Waals surface area contributed by atoms with Crippen molar-refractivity contribution < 1.29 is 14.3 Å². The minimum Gasteiger partial charge on any atom is -0.497 e. The Morgan fingerprint density at radius 3 is 2.13 bits per heavy atom. The average molecular weight is 413 g/mol. The zero-order valence-electron chi connectivity index (χ0n) is 18.4. The van der Waals surface area contributed by atoms with E-state index in [9.17, 15) is 9.59 Å². The first-order valence-electron chi connectivity index (χ1n) is 10.0. The molecule has 3 N–H and O–H groups in total. The number of nitrogens with one attached hydrogen (secondary N) is 3. The van der Waals surface area contributed by atoms with Crippen LogP contribution in [-0.2, 0) is 6.54 Å². The Balaban J connectivity index is 1.91. The van der Waals surface area contributed by atoms with Crippen LogP contribution in [0.1, 0.15) is 41.4 Å². The van der Waals surface area contributed by atoms with Crippen molar-refractivity contribution in [2.45, 2.75) is 32.5 Å². The highest BCUT2D eigenvalue weighted by Crippen LogP contribution is 2.20. The van der Waals surface area contributed by atoms with Crippen molar-refractivity contribution in [2.75, 3.05) is 27.7 Å². The smallest absolute Gasteiger partial charge is 0.315 e. The molecule has 2 aromatic rings. The van der Waals surface area contributed by atoms with E-state index in [0.717, 1.165) is 16.9 Å². The number of nitrogens with zero attached hydrogens (tertiary/aromatic N) is 1. The summed E-state index contributed by atoms with van der Waals surface area (Å²) in [6.07, 6.45) is 0. The summed E-state index contributed by atoms with van der Waals surface area (Å²) in [7, 11) is 5.61. The van der Waals surface area contributed by atoms with Crippen molar-refractivity contribution in [3.05, 3.63) is 65.2 Å². The van der Waals surface area contributed by atoms with Gasteiger partial charge in [0.1, 0.15) is 5.75 Å². The van der Waals surface area contributed by atoms with E-state index in [-0.39, 0.29) is 24.0 Å². The van der Waals surface area contributed by atoms with Gasteiger partial charge in [-0.15, -0.1) is 0 Å². The van der Waals surface area contributed by atoms with Gasteiger partial charge in [0, 0.05) is 24.7 Å². The maximum Gasteiger partial charge on any atom is 0.315 e. The van der Waals surface area contributed by atoms with Crippen LogP contribution in [0.15, 0.2) is 48.5 Å². The molecule has 0 spiro atoms. The van der Waals surface area contributed by atoms with E-state index >= 15 is 0 Å². The number of methoxy groups -OCH3 is 1. The van der Waals surface area contributed by atoms with Gasteiger partial charge in [-0.25, -0.2) is 4.79 Å². The van der Waals surface area contributed by atoms with Crippen LogP contribution in [-0.4, -0.2) is 50.6 Å². The van der Waals surface area contributed by atoms with Crippen molar-refractivity contribution >= 4 is 11.9 Å². The summed E-state index contributed by atoms with van der Waals surface area (Å²) in [5.41, 5.74) is 2.61. The molecule has 2 aromatic carbocycles. The molecule has 30 heavy (non-hydrogen) atoms. The highest BCUT2D eigenvalue weighted by atomic mass is 16.5. The van der Waals surface area contributed by atoms with E-state index in [4.69, 9.17) is 4.74 Å². The van der Waals surface area contributed by atoms with Gasteiger partial charge in [-0.2, -0.15) is 0 Å². The molecule has 0 aromatic heterocycles. The second kappa shape index (κ2) is 11.2. The summed E-state index contributed by atoms with van der Waals surface area (Å²) in [5.74, 6) is 0.670. The van der Waals surface area contributed by atoms with E-state index in [1.807, 2.05) is 64.3 Å². The van der Waals surface area contributed by atoms with Crippen molar-refractivity contribution in [1.29, 1.82) is 0 Å². The second-order valence-corrected chi connectivity index (χ2v) is 7.64. The Morgan fingerprint density at radius 1 is 0.967 bits per heavy atom. The lowest BCUT2D eigenvalue weighted by molar-refractivity contribution is 0.0942. The largest absolute Gasteiger partial charge is 0.497 e. The van der Waals surface area contributed by atoms with Gasteiger partial charge >= 0.3 is 6.03 Å². The first-order valence-corrected chi connectivity index (χ1v) is 10.0. The van der Waals surface area contributed by atoms with Gasteiger partial charge in [0.05, 0.1) is 13.2 Å². The first kappa shape index (κ1) is 23.2. The molecule has 3 amide bonds. The van der Waals surface area contributed by atoms with E-state index in [1.54, 1.807) is 19.2 Å². The Morgan fingerprint density at radius 2 is 1.60 bits per heavy atom. The molecule has 0 saturated heterocycles. The lowest BCUT2D eigenvalue weighted by Crippen LogP contribution is -2.39. The van der Waals surface area contributed by atoms with Gasteiger partial charge in [-0.1, -0.05) is 24.3 Å². The zero-order chi connectivity index (χ0) is 22.1. The molecular formula is C23H32N4O3. The quantitative estimate of drug-likeness (QED) is 0.591. The fourth-order valence-corrected chi connectivity index (χ4v) is 2.99. The fourth-order valence-electron chi connectivity index (χ4n) is 2.99. The van der Waals surface area contributed by atoms with E-state index in [1.165, 1.54) is 0 Å². The van der Waals surface area contributed by atoms with Gasteiger partial charge in [0.2, 0.25) is 0 Å². The Labute approximate surface area is 178 Å². The van der Waals surface area contributed by atoms with Crippen LogP contribution in [0.5, 0.6) is 5.75 Å². The lowest BCUT2D eigenvalue weighted by atomic mass is 10.1. The molecular weight excluding hydrogens is 380 g/mol. The average Bonchev–Trinajstić information content (AvgIpc) is 2.72. The number of carbonyl (C=O) groups is 2. The Hall–Kier alpha value is -3.06. The van der Waals surface area contributed by atoms with Crippen LogP contribution >= 0.6 is 0 Å². The van der Waals surface area contributed by atoms with Crippen LogP contribution in [0.25, 0.3) is 0 Å². The zero-order valence-corrected chi connectivity index (χ0v) is 18.4. The van der Waals surface area contributed by atoms with E-state index in [2.05, 4.69) is 20.9 Å². The summed E-state index contributed by atoms with van der Waals surface area (Å²) in [5, 5.41) is 8.57. The van der Waals surface area contributed by atoms with Crippen molar-refractivity contribution in [2.24, 2.45) is 0 Å². The third-order valence-corrected chi connectivity index (χ3v) is 4.67. The molecule has 0 unspecified atom stereocenters. The molecule has 0 saturated carbocycles. The minimum atomic E-state index is -0.208. The third-order valence-electron chi connectivity index (χ3n) is 4.67. The van der Waals surface area contributed by atoms with Crippen LogP contribution < -0.4 is 20.7 Å². The first-order chi connectivity index (χ1) is 14.3. The second-order valence-electron chi connectivity index (χ2n) is 7.64. The van der Waals surface area contributed by atoms with Crippen LogP contribution in [0.3, 0.4) is 0 Å². The number of likely N-dealkylation sites (N-methyl/N-ethyl adjacent to an activating group) is 1. The Bertz CT molecular complexity index is 817. The summed E-state index contributed by atoms with van der Waals surface area (Å²) in [6.45, 7) is 4.70. The molecule has 0 fully saturated rings. The fraction of sp³-hybridized carbons (Fsp3) is 0.391. The standard InChI is InChI=1S/C23H32N4O3/c1-16(2)26-23(29)25-14-17-6-8-19(9-7-17)22(28)24-15-21(27(3)4)18-10-12-20(30-5)13-11-18/h6-13,16,21H,14-15H2,1-5H3,(H,24,28)(H2,25,26,29)/t21-/m1/s1. The normalized spacial score (nSPS) is 11.8. The molecule has 1 atom stereocenters. The number of ether oxygens (including phenoxy) is 1. The number of urea groups is 1. The van der Waals surface area contributed by atoms with Gasteiger partial charge in [0.25, 0.3) is 5.91 Å². The molecule has 7 nitrogen and oxygen atoms in total. The maximum atomic E-state index is 12.6. The molecule has 0 aliphatic rings. The summed E-state index contributed by atoms with van der Waals surface area (Å²) in [6, 6.07) is 15.0. The van der Waals surface area contributed by atoms with E-state index in [0.29, 0.717) is 18.7 Å². The molecule has 2 rings (SSSR count). The lowest BCUT2D eigenvalue weighted by Gasteiger charge is -2.25. The molecule has 0 bridgehead atoms. The van der Waals surface area contributed by atoms with Gasteiger partial charge in [-0.3, -0.25) is 4.79 Å². The Kier molecular flexibility index (Phi) is 8.68. The third kappa shape index (κ3) is 7.08. The molecule has 0 aliphatic heterocycles. The topological polar surface area (TPSA) is 82.7 Å². The molecule has 0 aliphatic carbocycles. The monoisotopic (exact) mass is 412 g/mol. The predicted octanol–water partition coefficient (Wildman–Crippen LogP) is 2.94. The minimum absolute atomic E-state index is 0.0443. The summed E-state index contributed by atoms with van der Waals surface area (Å²) in [4.78, 5) is 26.3. The number of carbonyl (C=O) groups excluding carboxylic acids is 2. The van der Waals surface area contributed by atoms with Crippen molar-refractivity contribution in [3.8, 4) is 5.75 Å². The molecule has 0 radical (unpaired) electrons. The number of hydrogen-bond acceptors (Lipinski definition) is 4. The van der Waals surface area contributed by atoms with Crippen LogP contribution in [0.2, 0.25) is 0 Å². The summed E-state index contributed by atoms with van der Waals surface area (Å²) >= 11 is 0. The molecule has 7 heteroatoms. The molecule has 0 heterocycles.